The van der Waals surface area contributed by atoms with Crippen molar-refractivity contribution in [2.75, 3.05) is 12.4 Å². The fourth-order valence-corrected chi connectivity index (χ4v) is 3.74. The highest BCUT2D eigenvalue weighted by atomic mass is 32.2. The summed E-state index contributed by atoms with van der Waals surface area (Å²) in [7, 11) is 0. The number of ether oxygens (including phenoxy) is 1. The number of hydrogen-bond donors (Lipinski definition) is 4. The molecular formula is C24H24N2O4S2. The van der Waals surface area contributed by atoms with E-state index in [1.54, 1.807) is 48.4 Å². The van der Waals surface area contributed by atoms with E-state index in [1.165, 1.54) is 18.2 Å². The van der Waals surface area contributed by atoms with Crippen molar-refractivity contribution in [1.29, 1.82) is 0 Å². The molecule has 1 heterocycles. The first kappa shape index (κ1) is 23.4. The summed E-state index contributed by atoms with van der Waals surface area (Å²) >= 11 is 6.88. The number of nitrogens with one attached hydrogen (secondary N) is 1. The molecule has 0 spiro atoms. The first-order valence-electron chi connectivity index (χ1n) is 9.96. The molecule has 0 radical (unpaired) electrons. The highest BCUT2D eigenvalue weighted by Crippen LogP contribution is 2.28. The van der Waals surface area contributed by atoms with Gasteiger partial charge in [0.25, 0.3) is 0 Å². The normalized spacial score (nSPS) is 10.9. The summed E-state index contributed by atoms with van der Waals surface area (Å²) in [6.45, 7) is 1.11. The molecule has 0 saturated heterocycles. The van der Waals surface area contributed by atoms with Crippen LogP contribution in [0.15, 0.2) is 60.9 Å². The molecule has 1 aromatic heterocycles. The molecule has 2 aromatic carbocycles. The van der Waals surface area contributed by atoms with E-state index in [4.69, 9.17) is 17.0 Å². The molecule has 3 aromatic rings. The molecule has 4 N–H and O–H groups in total. The number of phenols is 3. The van der Waals surface area contributed by atoms with E-state index in [-0.39, 0.29) is 17.2 Å². The third-order valence-corrected chi connectivity index (χ3v) is 5.71. The van der Waals surface area contributed by atoms with Crippen LogP contribution in [-0.2, 0) is 6.54 Å². The molecule has 0 bridgehead atoms. The van der Waals surface area contributed by atoms with E-state index >= 15 is 0 Å². The minimum atomic E-state index is -0.0144. The molecule has 0 fully saturated rings. The second-order valence-corrected chi connectivity index (χ2v) is 8.67. The van der Waals surface area contributed by atoms with Gasteiger partial charge in [0.05, 0.1) is 6.61 Å². The van der Waals surface area contributed by atoms with Crippen molar-refractivity contribution in [1.82, 2.24) is 10.3 Å². The summed E-state index contributed by atoms with van der Waals surface area (Å²) in [5.41, 5.74) is 2.48. The Bertz CT molecular complexity index is 1050. The van der Waals surface area contributed by atoms with Crippen molar-refractivity contribution in [2.45, 2.75) is 13.0 Å². The van der Waals surface area contributed by atoms with Gasteiger partial charge in [-0.1, -0.05) is 48.3 Å². The third kappa shape index (κ3) is 7.79. The lowest BCUT2D eigenvalue weighted by Gasteiger charge is -2.10. The summed E-state index contributed by atoms with van der Waals surface area (Å²) < 4.78 is 6.40. The Morgan fingerprint density at radius 1 is 1.03 bits per heavy atom. The van der Waals surface area contributed by atoms with Crippen LogP contribution in [-0.4, -0.2) is 37.0 Å². The number of nitrogens with zero attached hydrogens (tertiary/aromatic N) is 1. The molecule has 0 atom stereocenters. The minimum Gasteiger partial charge on any atom is -0.508 e. The first-order chi connectivity index (χ1) is 15.5. The number of hydrogen-bond acceptors (Lipinski definition) is 7. The van der Waals surface area contributed by atoms with Gasteiger partial charge in [-0.05, 0) is 53.4 Å². The predicted octanol–water partition coefficient (Wildman–Crippen LogP) is 4.95. The fourth-order valence-electron chi connectivity index (χ4n) is 2.80. The number of aromatic hydroxyl groups is 3. The maximum Gasteiger partial charge on any atom is 0.160 e. The Hall–Kier alpha value is -3.23. The standard InChI is InChI=1S/C24H24N2O4S2/c27-20-11-18(12-21(28)14-20)5-4-17-6-7-23(22(29)13-17)30-9-2-10-32-24(31)26-16-19-3-1-8-25-15-19/h1,3-8,11-15,27-29H,2,9-10,16H2,(H,26,31)/b5-4+. The maximum atomic E-state index is 10.2. The molecule has 0 saturated carbocycles. The highest BCUT2D eigenvalue weighted by Gasteiger charge is 2.04. The van der Waals surface area contributed by atoms with E-state index < -0.39 is 0 Å². The molecule has 32 heavy (non-hydrogen) atoms. The molecule has 0 unspecified atom stereocenters. The van der Waals surface area contributed by atoms with Gasteiger partial charge < -0.3 is 25.4 Å². The van der Waals surface area contributed by atoms with E-state index in [0.717, 1.165) is 27.6 Å². The van der Waals surface area contributed by atoms with Crippen molar-refractivity contribution in [2.24, 2.45) is 0 Å². The number of benzene rings is 2. The smallest absolute Gasteiger partial charge is 0.160 e. The van der Waals surface area contributed by atoms with Crippen LogP contribution in [0.3, 0.4) is 0 Å². The lowest BCUT2D eigenvalue weighted by Crippen LogP contribution is -2.18. The average molecular weight is 469 g/mol. The number of thiocarbonyl (C=S) groups is 1. The lowest BCUT2D eigenvalue weighted by molar-refractivity contribution is 0.300. The minimum absolute atomic E-state index is 0.0144. The zero-order chi connectivity index (χ0) is 22.8. The molecule has 0 aliphatic rings. The van der Waals surface area contributed by atoms with Crippen molar-refractivity contribution in [3.63, 3.8) is 0 Å². The van der Waals surface area contributed by atoms with Gasteiger partial charge in [-0.2, -0.15) is 0 Å². The van der Waals surface area contributed by atoms with Crippen LogP contribution in [0.4, 0.5) is 0 Å². The van der Waals surface area contributed by atoms with Gasteiger partial charge in [0, 0.05) is 30.8 Å². The van der Waals surface area contributed by atoms with Gasteiger partial charge >= 0.3 is 0 Å². The van der Waals surface area contributed by atoms with Crippen LogP contribution in [0.5, 0.6) is 23.0 Å². The maximum absolute atomic E-state index is 10.2. The van der Waals surface area contributed by atoms with Crippen molar-refractivity contribution < 1.29 is 20.1 Å². The van der Waals surface area contributed by atoms with Gasteiger partial charge in [0.15, 0.2) is 11.5 Å². The van der Waals surface area contributed by atoms with E-state index in [0.29, 0.717) is 24.5 Å². The highest BCUT2D eigenvalue weighted by molar-refractivity contribution is 8.22. The van der Waals surface area contributed by atoms with E-state index in [1.807, 2.05) is 18.2 Å². The SMILES string of the molecule is Oc1cc(O)cc(/C=C/c2ccc(OCCCSC(=S)NCc3cccnc3)c(O)c2)c1. The summed E-state index contributed by atoms with van der Waals surface area (Å²) in [6.07, 6.45) is 7.83. The Morgan fingerprint density at radius 3 is 2.53 bits per heavy atom. The van der Waals surface area contributed by atoms with Gasteiger partial charge in [-0.25, -0.2) is 0 Å². The first-order valence-corrected chi connectivity index (χ1v) is 11.4. The van der Waals surface area contributed by atoms with Gasteiger partial charge in [0.1, 0.15) is 15.8 Å². The van der Waals surface area contributed by atoms with Crippen LogP contribution in [0, 0.1) is 0 Å². The monoisotopic (exact) mass is 468 g/mol. The van der Waals surface area contributed by atoms with Crippen LogP contribution in [0.2, 0.25) is 0 Å². The second-order valence-electron chi connectivity index (χ2n) is 6.90. The topological polar surface area (TPSA) is 94.8 Å². The Labute approximate surface area is 196 Å². The fraction of sp³-hybridized carbons (Fsp3) is 0.167. The molecule has 6 nitrogen and oxygen atoms in total. The van der Waals surface area contributed by atoms with E-state index in [2.05, 4.69) is 10.3 Å². The van der Waals surface area contributed by atoms with Gasteiger partial charge in [-0.15, -0.1) is 0 Å². The molecule has 3 rings (SSSR count). The van der Waals surface area contributed by atoms with Crippen LogP contribution >= 0.6 is 24.0 Å². The number of aromatic nitrogens is 1. The Morgan fingerprint density at radius 2 is 1.81 bits per heavy atom. The Balaban J connectivity index is 1.39. The molecular weight excluding hydrogens is 444 g/mol. The lowest BCUT2D eigenvalue weighted by atomic mass is 10.1. The zero-order valence-corrected chi connectivity index (χ0v) is 18.9. The number of phenolic OH excluding ortho intramolecular Hbond substituents is 3. The molecule has 0 aliphatic heterocycles. The molecule has 8 heteroatoms. The van der Waals surface area contributed by atoms with E-state index in [9.17, 15) is 15.3 Å². The molecule has 0 amide bonds. The molecule has 166 valence electrons. The summed E-state index contributed by atoms with van der Waals surface area (Å²) in [5, 5.41) is 32.5. The van der Waals surface area contributed by atoms with Gasteiger partial charge in [0.2, 0.25) is 0 Å². The number of thioether (sulfide) groups is 1. The van der Waals surface area contributed by atoms with Gasteiger partial charge in [-0.3, -0.25) is 4.98 Å². The largest absolute Gasteiger partial charge is 0.508 e. The van der Waals surface area contributed by atoms with Crippen molar-refractivity contribution >= 4 is 40.5 Å². The number of pyridine rings is 1. The zero-order valence-electron chi connectivity index (χ0n) is 17.3. The summed E-state index contributed by atoms with van der Waals surface area (Å²) in [6, 6.07) is 13.3. The molecule has 0 aliphatic carbocycles. The summed E-state index contributed by atoms with van der Waals surface area (Å²) in [4.78, 5) is 4.07. The second kappa shape index (κ2) is 12.0. The predicted molar refractivity (Wildman–Crippen MR) is 133 cm³/mol. The Kier molecular flexibility index (Phi) is 8.77. The van der Waals surface area contributed by atoms with Crippen LogP contribution in [0.25, 0.3) is 12.2 Å². The van der Waals surface area contributed by atoms with Crippen molar-refractivity contribution in [3.8, 4) is 23.0 Å². The summed E-state index contributed by atoms with van der Waals surface area (Å²) in [5.74, 6) is 1.24. The number of rotatable bonds is 9. The third-order valence-electron chi connectivity index (χ3n) is 4.32. The quantitative estimate of drug-likeness (QED) is 0.199. The van der Waals surface area contributed by atoms with Crippen molar-refractivity contribution in [3.05, 3.63) is 77.6 Å². The van der Waals surface area contributed by atoms with Crippen LogP contribution in [0.1, 0.15) is 23.1 Å². The average Bonchev–Trinajstić information content (AvgIpc) is 2.77. The van der Waals surface area contributed by atoms with Crippen LogP contribution < -0.4 is 10.1 Å².